The van der Waals surface area contributed by atoms with Crippen molar-refractivity contribution in [3.63, 3.8) is 0 Å². The van der Waals surface area contributed by atoms with Crippen molar-refractivity contribution < 1.29 is 14.3 Å². The van der Waals surface area contributed by atoms with Gasteiger partial charge in [-0.2, -0.15) is 0 Å². The van der Waals surface area contributed by atoms with Crippen LogP contribution in [0.15, 0.2) is 30.3 Å². The summed E-state index contributed by atoms with van der Waals surface area (Å²) < 4.78 is 7.54. The average Bonchev–Trinajstić information content (AvgIpc) is 3.11. The average molecular weight is 423 g/mol. The van der Waals surface area contributed by atoms with Crippen LogP contribution in [-0.4, -0.2) is 40.5 Å². The van der Waals surface area contributed by atoms with Crippen LogP contribution < -0.4 is 0 Å². The minimum Gasteiger partial charge on any atom is -0.452 e. The van der Waals surface area contributed by atoms with Crippen LogP contribution in [0.5, 0.6) is 0 Å². The summed E-state index contributed by atoms with van der Waals surface area (Å²) in [6, 6.07) is 10.3. The summed E-state index contributed by atoms with van der Waals surface area (Å²) in [6.45, 7) is 13.4. The zero-order valence-electron chi connectivity index (χ0n) is 19.6. The topological polar surface area (TPSA) is 51.5 Å². The molecule has 4 rings (SSSR count). The number of likely N-dealkylation sites (tertiary alicyclic amines) is 1. The van der Waals surface area contributed by atoms with E-state index in [-0.39, 0.29) is 29.4 Å². The fraction of sp³-hybridized carbons (Fsp3) is 0.538. The quantitative estimate of drug-likeness (QED) is 0.653. The molecule has 2 aliphatic rings. The van der Waals surface area contributed by atoms with Gasteiger partial charge in [0.25, 0.3) is 5.91 Å². The first-order chi connectivity index (χ1) is 14.5. The number of nitrogens with zero attached hydrogens (tertiary/aromatic N) is 2. The lowest BCUT2D eigenvalue weighted by molar-refractivity contribution is -0.135. The van der Waals surface area contributed by atoms with E-state index in [1.54, 1.807) is 0 Å². The van der Waals surface area contributed by atoms with Crippen LogP contribution in [0.25, 0.3) is 5.69 Å². The summed E-state index contributed by atoms with van der Waals surface area (Å²) in [4.78, 5) is 27.7. The second-order valence-electron chi connectivity index (χ2n) is 10.8. The molecule has 1 saturated heterocycles. The molecule has 0 N–H and O–H groups in total. The maximum absolute atomic E-state index is 12.9. The second-order valence-corrected chi connectivity index (χ2v) is 10.8. The van der Waals surface area contributed by atoms with Gasteiger partial charge in [-0.1, -0.05) is 38.5 Å². The predicted octanol–water partition coefficient (Wildman–Crippen LogP) is 4.99. The lowest BCUT2D eigenvalue weighted by atomic mass is 9.65. The second kappa shape index (κ2) is 7.54. The van der Waals surface area contributed by atoms with E-state index in [1.165, 1.54) is 5.56 Å². The van der Waals surface area contributed by atoms with Crippen LogP contribution in [0.1, 0.15) is 67.3 Å². The zero-order chi connectivity index (χ0) is 22.6. The van der Waals surface area contributed by atoms with Gasteiger partial charge in [0.1, 0.15) is 0 Å². The number of rotatable bonds is 4. The van der Waals surface area contributed by atoms with E-state index in [1.807, 2.05) is 41.5 Å². The van der Waals surface area contributed by atoms with Gasteiger partial charge in [-0.05, 0) is 69.1 Å². The van der Waals surface area contributed by atoms with Crippen LogP contribution in [0, 0.1) is 31.6 Å². The van der Waals surface area contributed by atoms with E-state index in [2.05, 4.69) is 39.8 Å². The smallest absolute Gasteiger partial charge is 0.340 e. The van der Waals surface area contributed by atoms with Crippen molar-refractivity contribution in [1.29, 1.82) is 0 Å². The van der Waals surface area contributed by atoms with E-state index in [9.17, 15) is 9.59 Å². The summed E-state index contributed by atoms with van der Waals surface area (Å²) in [5.41, 5.74) is 4.92. The molecule has 0 unspecified atom stereocenters. The fourth-order valence-electron chi connectivity index (χ4n) is 6.10. The summed E-state index contributed by atoms with van der Waals surface area (Å²) in [7, 11) is 0. The Morgan fingerprint density at radius 3 is 2.42 bits per heavy atom. The Morgan fingerprint density at radius 2 is 1.74 bits per heavy atom. The molecule has 5 nitrogen and oxygen atoms in total. The highest BCUT2D eigenvalue weighted by molar-refractivity contribution is 5.93. The minimum absolute atomic E-state index is 0.0767. The number of fused-ring (bicyclic) bond motifs is 2. The molecular formula is C26H34N2O3. The molecule has 31 heavy (non-hydrogen) atoms. The molecule has 1 amide bonds. The molecule has 2 bridgehead atoms. The Balaban J connectivity index is 1.44. The molecule has 2 heterocycles. The Kier molecular flexibility index (Phi) is 5.27. The molecule has 0 spiro atoms. The molecule has 0 radical (unpaired) electrons. The molecular weight excluding hydrogens is 388 g/mol. The van der Waals surface area contributed by atoms with E-state index < -0.39 is 5.97 Å². The van der Waals surface area contributed by atoms with Gasteiger partial charge < -0.3 is 14.2 Å². The molecule has 166 valence electrons. The largest absolute Gasteiger partial charge is 0.452 e. The third-order valence-electron chi connectivity index (χ3n) is 7.01. The van der Waals surface area contributed by atoms with Crippen LogP contribution in [0.4, 0.5) is 0 Å². The van der Waals surface area contributed by atoms with Gasteiger partial charge in [-0.15, -0.1) is 0 Å². The van der Waals surface area contributed by atoms with Crippen molar-refractivity contribution in [3.8, 4) is 5.69 Å². The highest BCUT2D eigenvalue weighted by Crippen LogP contribution is 2.52. The van der Waals surface area contributed by atoms with Gasteiger partial charge in [0.05, 0.1) is 5.56 Å². The monoisotopic (exact) mass is 422 g/mol. The predicted molar refractivity (Wildman–Crippen MR) is 122 cm³/mol. The van der Waals surface area contributed by atoms with Crippen LogP contribution in [-0.2, 0) is 9.53 Å². The Hall–Kier alpha value is -2.56. The Bertz CT molecular complexity index is 1020. The van der Waals surface area contributed by atoms with Crippen molar-refractivity contribution >= 4 is 11.9 Å². The van der Waals surface area contributed by atoms with Gasteiger partial charge in [0.15, 0.2) is 6.61 Å². The van der Waals surface area contributed by atoms with Gasteiger partial charge in [-0.3, -0.25) is 4.79 Å². The number of hydrogen-bond donors (Lipinski definition) is 0. The molecule has 2 aromatic rings. The third kappa shape index (κ3) is 4.15. The van der Waals surface area contributed by atoms with Crippen molar-refractivity contribution in [2.24, 2.45) is 10.8 Å². The number of aromatic nitrogens is 1. The molecule has 1 aliphatic carbocycles. The molecule has 5 heteroatoms. The molecule has 1 aromatic carbocycles. The van der Waals surface area contributed by atoms with Gasteiger partial charge in [-0.25, -0.2) is 4.79 Å². The summed E-state index contributed by atoms with van der Waals surface area (Å²) in [5.74, 6) is -0.513. The highest BCUT2D eigenvalue weighted by atomic mass is 16.5. The van der Waals surface area contributed by atoms with Gasteiger partial charge in [0.2, 0.25) is 0 Å². The molecule has 1 aromatic heterocycles. The Labute approximate surface area is 185 Å². The third-order valence-corrected chi connectivity index (χ3v) is 7.01. The number of aryl methyl sites for hydroxylation is 2. The first-order valence-electron chi connectivity index (χ1n) is 11.2. The van der Waals surface area contributed by atoms with E-state index in [0.29, 0.717) is 5.56 Å². The highest BCUT2D eigenvalue weighted by Gasteiger charge is 2.50. The van der Waals surface area contributed by atoms with Crippen molar-refractivity contribution in [2.75, 3.05) is 13.2 Å². The standard InChI is InChI=1S/C26H34N2O3/c1-17-7-9-20(10-8-17)28-18(2)11-22(19(28)3)24(30)31-14-23(29)27-16-26(6)13-21(27)12-25(4,5)15-26/h7-11,21H,12-16H2,1-6H3/t21-,26-/m1/s1. The first kappa shape index (κ1) is 21.7. The lowest BCUT2D eigenvalue weighted by Gasteiger charge is -2.39. The van der Waals surface area contributed by atoms with E-state index in [4.69, 9.17) is 4.74 Å². The SMILES string of the molecule is Cc1ccc(-n2c(C)cc(C(=O)OCC(=O)N3C[C@]4(C)C[C@H]3CC(C)(C)C4)c2C)cc1. The lowest BCUT2D eigenvalue weighted by Crippen LogP contribution is -2.39. The van der Waals surface area contributed by atoms with Crippen molar-refractivity contribution in [1.82, 2.24) is 9.47 Å². The molecule has 1 saturated carbocycles. The minimum atomic E-state index is -0.437. The summed E-state index contributed by atoms with van der Waals surface area (Å²) in [5, 5.41) is 0. The number of hydrogen-bond acceptors (Lipinski definition) is 3. The zero-order valence-corrected chi connectivity index (χ0v) is 19.6. The van der Waals surface area contributed by atoms with E-state index >= 15 is 0 Å². The van der Waals surface area contributed by atoms with Crippen LogP contribution >= 0.6 is 0 Å². The molecule has 2 fully saturated rings. The number of carbonyl (C=O) groups is 2. The van der Waals surface area contributed by atoms with Crippen molar-refractivity contribution in [2.45, 2.75) is 66.8 Å². The number of esters is 1. The molecule has 1 aliphatic heterocycles. The number of amides is 1. The first-order valence-corrected chi connectivity index (χ1v) is 11.2. The van der Waals surface area contributed by atoms with Gasteiger partial charge >= 0.3 is 5.97 Å². The maximum Gasteiger partial charge on any atom is 0.340 e. The van der Waals surface area contributed by atoms with E-state index in [0.717, 1.165) is 42.9 Å². The van der Waals surface area contributed by atoms with Crippen LogP contribution in [0.3, 0.4) is 0 Å². The number of carbonyl (C=O) groups excluding carboxylic acids is 2. The van der Waals surface area contributed by atoms with Crippen molar-refractivity contribution in [3.05, 3.63) is 52.8 Å². The van der Waals surface area contributed by atoms with Gasteiger partial charge in [0, 0.05) is 29.7 Å². The van der Waals surface area contributed by atoms with Crippen LogP contribution in [0.2, 0.25) is 0 Å². The number of ether oxygens (including phenoxy) is 1. The summed E-state index contributed by atoms with van der Waals surface area (Å²) >= 11 is 0. The maximum atomic E-state index is 12.9. The Morgan fingerprint density at radius 1 is 1.06 bits per heavy atom. The normalized spacial score (nSPS) is 24.3. The molecule has 2 atom stereocenters. The summed E-state index contributed by atoms with van der Waals surface area (Å²) in [6.07, 6.45) is 3.19. The fourth-order valence-corrected chi connectivity index (χ4v) is 6.10. The number of benzene rings is 1.